The van der Waals surface area contributed by atoms with Crippen LogP contribution in [0.15, 0.2) is 52.9 Å². The summed E-state index contributed by atoms with van der Waals surface area (Å²) in [7, 11) is 0. The van der Waals surface area contributed by atoms with E-state index in [-0.39, 0.29) is 23.0 Å². The van der Waals surface area contributed by atoms with E-state index in [2.05, 4.69) is 42.4 Å². The minimum atomic E-state index is -0.223. The van der Waals surface area contributed by atoms with Crippen molar-refractivity contribution >= 4 is 45.7 Å². The first-order chi connectivity index (χ1) is 15.3. The topological polar surface area (TPSA) is 75.2 Å². The number of fused-ring (bicyclic) bond motifs is 1. The number of hydrogen-bond donors (Lipinski definition) is 1. The first-order valence-electron chi connectivity index (χ1n) is 10.6. The number of para-hydroxylation sites is 1. The van der Waals surface area contributed by atoms with Gasteiger partial charge in [-0.05, 0) is 47.6 Å². The Kier molecular flexibility index (Phi) is 6.62. The predicted octanol–water partition coefficient (Wildman–Crippen LogP) is 5.16. The lowest BCUT2D eigenvalue weighted by atomic mass is 9.87. The van der Waals surface area contributed by atoms with Crippen molar-refractivity contribution < 1.29 is 9.59 Å². The predicted molar refractivity (Wildman–Crippen MR) is 131 cm³/mol. The Balaban J connectivity index is 1.33. The zero-order chi connectivity index (χ0) is 22.7. The number of rotatable bonds is 5. The molecule has 2 aromatic carbocycles. The number of thioether (sulfide) groups is 1. The molecule has 2 heterocycles. The molecule has 1 N–H and O–H groups in total. The molecular weight excluding hydrogens is 440 g/mol. The standard InChI is InChI=1S/C24H26N4O2S2/c1-24(2,3)18-12-10-17(11-13-18)21(30)25-22-26-27-23(32-22)31-15-20(29)28-14-6-8-16-7-4-5-9-19(16)28/h4-5,7,9-13H,6,8,14-15H2,1-3H3,(H,25,26,30). The van der Waals surface area contributed by atoms with Gasteiger partial charge < -0.3 is 4.90 Å². The van der Waals surface area contributed by atoms with Gasteiger partial charge in [-0.25, -0.2) is 0 Å². The van der Waals surface area contributed by atoms with Crippen LogP contribution in [-0.2, 0) is 16.6 Å². The molecule has 0 atom stereocenters. The molecule has 0 saturated heterocycles. The molecule has 0 fully saturated rings. The molecule has 0 unspecified atom stereocenters. The van der Waals surface area contributed by atoms with Gasteiger partial charge in [0.15, 0.2) is 4.34 Å². The van der Waals surface area contributed by atoms with Crippen molar-refractivity contribution in [1.29, 1.82) is 0 Å². The van der Waals surface area contributed by atoms with Gasteiger partial charge in [0.1, 0.15) is 0 Å². The van der Waals surface area contributed by atoms with Gasteiger partial charge in [-0.3, -0.25) is 14.9 Å². The van der Waals surface area contributed by atoms with E-state index in [9.17, 15) is 9.59 Å². The smallest absolute Gasteiger partial charge is 0.257 e. The summed E-state index contributed by atoms with van der Waals surface area (Å²) in [6.45, 7) is 7.15. The molecule has 0 radical (unpaired) electrons. The number of carbonyl (C=O) groups excluding carboxylic acids is 2. The molecule has 3 aromatic rings. The van der Waals surface area contributed by atoms with Gasteiger partial charge in [0.25, 0.3) is 5.91 Å². The highest BCUT2D eigenvalue weighted by molar-refractivity contribution is 8.01. The third-order valence-corrected chi connectivity index (χ3v) is 7.33. The van der Waals surface area contributed by atoms with Gasteiger partial charge in [-0.15, -0.1) is 10.2 Å². The van der Waals surface area contributed by atoms with Crippen molar-refractivity contribution in [2.24, 2.45) is 0 Å². The van der Waals surface area contributed by atoms with Crippen molar-refractivity contribution in [2.75, 3.05) is 22.5 Å². The number of nitrogens with one attached hydrogen (secondary N) is 1. The van der Waals surface area contributed by atoms with Crippen LogP contribution in [0.4, 0.5) is 10.8 Å². The number of hydrogen-bond acceptors (Lipinski definition) is 6. The second-order valence-electron chi connectivity index (χ2n) is 8.72. The lowest BCUT2D eigenvalue weighted by Gasteiger charge is -2.29. The maximum absolute atomic E-state index is 12.8. The highest BCUT2D eigenvalue weighted by atomic mass is 32.2. The van der Waals surface area contributed by atoms with Crippen LogP contribution in [0.2, 0.25) is 0 Å². The van der Waals surface area contributed by atoms with E-state index in [0.717, 1.165) is 25.1 Å². The maximum atomic E-state index is 12.8. The number of aryl methyl sites for hydroxylation is 1. The summed E-state index contributed by atoms with van der Waals surface area (Å²) in [4.78, 5) is 27.2. The third-order valence-electron chi connectivity index (χ3n) is 5.37. The lowest BCUT2D eigenvalue weighted by molar-refractivity contribution is -0.116. The summed E-state index contributed by atoms with van der Waals surface area (Å²) in [6.07, 6.45) is 1.98. The number of carbonyl (C=O) groups is 2. The molecule has 166 valence electrons. The van der Waals surface area contributed by atoms with E-state index in [1.165, 1.54) is 34.2 Å². The fraction of sp³-hybridized carbons (Fsp3) is 0.333. The second-order valence-corrected chi connectivity index (χ2v) is 10.9. The molecule has 32 heavy (non-hydrogen) atoms. The Morgan fingerprint density at radius 3 is 2.59 bits per heavy atom. The first kappa shape index (κ1) is 22.5. The molecule has 1 aromatic heterocycles. The van der Waals surface area contributed by atoms with Crippen molar-refractivity contribution in [3.63, 3.8) is 0 Å². The number of benzene rings is 2. The van der Waals surface area contributed by atoms with Crippen molar-refractivity contribution in [2.45, 2.75) is 43.4 Å². The number of aromatic nitrogens is 2. The Morgan fingerprint density at radius 1 is 1.09 bits per heavy atom. The van der Waals surface area contributed by atoms with Gasteiger partial charge >= 0.3 is 0 Å². The Hall–Kier alpha value is -2.71. The summed E-state index contributed by atoms with van der Waals surface area (Å²) in [5.41, 5.74) is 4.00. The zero-order valence-corrected chi connectivity index (χ0v) is 20.1. The summed E-state index contributed by atoms with van der Waals surface area (Å²) in [5, 5.41) is 11.4. The summed E-state index contributed by atoms with van der Waals surface area (Å²) in [5.74, 6) is 0.117. The molecule has 0 bridgehead atoms. The minimum Gasteiger partial charge on any atom is -0.311 e. The van der Waals surface area contributed by atoms with Crippen molar-refractivity contribution in [3.05, 3.63) is 65.2 Å². The molecule has 6 nitrogen and oxygen atoms in total. The Bertz CT molecular complexity index is 1120. The molecule has 1 aliphatic heterocycles. The fourth-order valence-electron chi connectivity index (χ4n) is 3.60. The van der Waals surface area contributed by atoms with Gasteiger partial charge in [0.2, 0.25) is 11.0 Å². The number of anilines is 2. The van der Waals surface area contributed by atoms with Crippen LogP contribution in [0.25, 0.3) is 0 Å². The highest BCUT2D eigenvalue weighted by Gasteiger charge is 2.22. The van der Waals surface area contributed by atoms with Crippen LogP contribution in [-0.4, -0.2) is 34.3 Å². The molecule has 4 rings (SSSR count). The molecule has 0 aliphatic carbocycles. The molecule has 1 aliphatic rings. The van der Waals surface area contributed by atoms with Crippen LogP contribution >= 0.6 is 23.1 Å². The molecule has 0 spiro atoms. The van der Waals surface area contributed by atoms with Crippen LogP contribution in [0.3, 0.4) is 0 Å². The molecular formula is C24H26N4O2S2. The summed E-state index contributed by atoms with van der Waals surface area (Å²) < 4.78 is 0.655. The zero-order valence-electron chi connectivity index (χ0n) is 18.4. The van der Waals surface area contributed by atoms with E-state index in [4.69, 9.17) is 0 Å². The van der Waals surface area contributed by atoms with Crippen molar-refractivity contribution in [3.8, 4) is 0 Å². The number of amides is 2. The van der Waals surface area contributed by atoms with Gasteiger partial charge in [-0.2, -0.15) is 0 Å². The monoisotopic (exact) mass is 466 g/mol. The van der Waals surface area contributed by atoms with Crippen molar-refractivity contribution in [1.82, 2.24) is 10.2 Å². The van der Waals surface area contributed by atoms with Crippen LogP contribution < -0.4 is 10.2 Å². The normalized spacial score (nSPS) is 13.5. The average molecular weight is 467 g/mol. The van der Waals surface area contributed by atoms with Crippen LogP contribution in [0.1, 0.15) is 48.7 Å². The van der Waals surface area contributed by atoms with Gasteiger partial charge in [-0.1, -0.05) is 74.2 Å². The molecule has 8 heteroatoms. The Labute approximate surface area is 196 Å². The number of nitrogens with zero attached hydrogens (tertiary/aromatic N) is 3. The van der Waals surface area contributed by atoms with E-state index >= 15 is 0 Å². The maximum Gasteiger partial charge on any atom is 0.257 e. The average Bonchev–Trinajstić information content (AvgIpc) is 3.23. The largest absolute Gasteiger partial charge is 0.311 e. The molecule has 0 saturated carbocycles. The first-order valence-corrected chi connectivity index (χ1v) is 12.4. The minimum absolute atomic E-state index is 0.0358. The van der Waals surface area contributed by atoms with E-state index < -0.39 is 0 Å². The highest BCUT2D eigenvalue weighted by Crippen LogP contribution is 2.30. The molecule has 2 amide bonds. The quantitative estimate of drug-likeness (QED) is 0.415. The fourth-order valence-corrected chi connectivity index (χ4v) is 5.23. The SMILES string of the molecule is CC(C)(C)c1ccc(C(=O)Nc2nnc(SCC(=O)N3CCCc4ccccc43)s2)cc1. The second kappa shape index (κ2) is 9.42. The third kappa shape index (κ3) is 5.19. The van der Waals surface area contributed by atoms with E-state index in [0.29, 0.717) is 15.0 Å². The van der Waals surface area contributed by atoms with Gasteiger partial charge in [0, 0.05) is 17.8 Å². The summed E-state index contributed by atoms with van der Waals surface area (Å²) in [6, 6.07) is 15.7. The van der Waals surface area contributed by atoms with Gasteiger partial charge in [0.05, 0.1) is 5.75 Å². The lowest BCUT2D eigenvalue weighted by Crippen LogP contribution is -2.36. The van der Waals surface area contributed by atoms with Crippen LogP contribution in [0, 0.1) is 0 Å². The van der Waals surface area contributed by atoms with Crippen LogP contribution in [0.5, 0.6) is 0 Å². The Morgan fingerprint density at radius 2 is 1.84 bits per heavy atom. The van der Waals surface area contributed by atoms with E-state index in [1.54, 1.807) is 0 Å². The summed E-state index contributed by atoms with van der Waals surface area (Å²) >= 11 is 2.62. The van der Waals surface area contributed by atoms with E-state index in [1.807, 2.05) is 47.4 Å².